The molecule has 0 spiro atoms. The molecule has 0 aliphatic heterocycles. The predicted molar refractivity (Wildman–Crippen MR) is 66.0 cm³/mol. The molecule has 86 valence electrons. The number of rotatable bonds is 2. The molecule has 0 radical (unpaired) electrons. The van der Waals surface area contributed by atoms with Gasteiger partial charge in [-0.2, -0.15) is 0 Å². The summed E-state index contributed by atoms with van der Waals surface area (Å²) in [5, 5.41) is 0.632. The van der Waals surface area contributed by atoms with Gasteiger partial charge < -0.3 is 4.74 Å². The lowest BCUT2D eigenvalue weighted by atomic mass is 10.1. The summed E-state index contributed by atoms with van der Waals surface area (Å²) in [5.41, 5.74) is 1.84. The van der Waals surface area contributed by atoms with Crippen molar-refractivity contribution in [3.63, 3.8) is 0 Å². The van der Waals surface area contributed by atoms with Gasteiger partial charge in [0.2, 0.25) is 0 Å². The molecule has 4 heteroatoms. The average Bonchev–Trinajstić information content (AvgIpc) is 2.38. The highest BCUT2D eigenvalue weighted by atomic mass is 35.5. The van der Waals surface area contributed by atoms with Crippen LogP contribution in [0.5, 0.6) is 0 Å². The molecule has 1 heterocycles. The summed E-state index contributed by atoms with van der Waals surface area (Å²) in [6.07, 6.45) is 0. The maximum atomic E-state index is 11.4. The molecule has 0 atom stereocenters. The van der Waals surface area contributed by atoms with Crippen LogP contribution in [0.1, 0.15) is 10.5 Å². The number of hydrogen-bond acceptors (Lipinski definition) is 3. The second-order valence-corrected chi connectivity index (χ2v) is 3.85. The lowest BCUT2D eigenvalue weighted by Crippen LogP contribution is -2.04. The lowest BCUT2D eigenvalue weighted by Gasteiger charge is -2.03. The number of benzene rings is 1. The lowest BCUT2D eigenvalue weighted by molar-refractivity contribution is 0.0594. The fourth-order valence-electron chi connectivity index (χ4n) is 1.46. The van der Waals surface area contributed by atoms with E-state index in [1.165, 1.54) is 7.11 Å². The first-order valence-electron chi connectivity index (χ1n) is 5.02. The zero-order valence-electron chi connectivity index (χ0n) is 9.18. The number of carbonyl (C=O) groups excluding carboxylic acids is 1. The zero-order valence-corrected chi connectivity index (χ0v) is 9.94. The van der Waals surface area contributed by atoms with Crippen LogP contribution in [-0.2, 0) is 4.74 Å². The Kier molecular flexibility index (Phi) is 3.40. The number of halogens is 1. The van der Waals surface area contributed by atoms with Crippen molar-refractivity contribution in [1.82, 2.24) is 4.98 Å². The van der Waals surface area contributed by atoms with Gasteiger partial charge in [0.05, 0.1) is 12.8 Å². The molecular formula is C13H10ClNO2. The van der Waals surface area contributed by atoms with Crippen LogP contribution >= 0.6 is 11.6 Å². The van der Waals surface area contributed by atoms with Crippen LogP contribution in [0.2, 0.25) is 5.02 Å². The molecule has 0 aliphatic rings. The highest BCUT2D eigenvalue weighted by molar-refractivity contribution is 6.30. The highest BCUT2D eigenvalue weighted by Crippen LogP contribution is 2.21. The molecule has 2 rings (SSSR count). The minimum Gasteiger partial charge on any atom is -0.464 e. The van der Waals surface area contributed by atoms with E-state index in [0.717, 1.165) is 5.56 Å². The van der Waals surface area contributed by atoms with Crippen LogP contribution in [-0.4, -0.2) is 18.1 Å². The molecule has 0 saturated carbocycles. The van der Waals surface area contributed by atoms with E-state index in [9.17, 15) is 4.79 Å². The molecule has 3 nitrogen and oxygen atoms in total. The number of carbonyl (C=O) groups is 1. The largest absolute Gasteiger partial charge is 0.464 e. The number of esters is 1. The average molecular weight is 248 g/mol. The number of ether oxygens (including phenoxy) is 1. The van der Waals surface area contributed by atoms with Crippen molar-refractivity contribution in [3.8, 4) is 11.3 Å². The fraction of sp³-hybridized carbons (Fsp3) is 0.0769. The van der Waals surface area contributed by atoms with Gasteiger partial charge in [-0.15, -0.1) is 0 Å². The Morgan fingerprint density at radius 3 is 2.71 bits per heavy atom. The summed E-state index contributed by atoms with van der Waals surface area (Å²) in [5.74, 6) is -0.450. The van der Waals surface area contributed by atoms with Gasteiger partial charge >= 0.3 is 5.97 Å². The summed E-state index contributed by atoms with van der Waals surface area (Å²) in [7, 11) is 1.33. The van der Waals surface area contributed by atoms with Crippen molar-refractivity contribution in [2.24, 2.45) is 0 Å². The van der Waals surface area contributed by atoms with Gasteiger partial charge in [-0.3, -0.25) is 0 Å². The fourth-order valence-corrected chi connectivity index (χ4v) is 1.65. The van der Waals surface area contributed by atoms with Crippen LogP contribution in [0.4, 0.5) is 0 Å². The molecule has 17 heavy (non-hydrogen) atoms. The maximum Gasteiger partial charge on any atom is 0.356 e. The van der Waals surface area contributed by atoms with Gasteiger partial charge in [-0.1, -0.05) is 29.8 Å². The molecule has 0 N–H and O–H groups in total. The third-order valence-corrected chi connectivity index (χ3v) is 2.50. The second-order valence-electron chi connectivity index (χ2n) is 3.41. The Hall–Kier alpha value is -1.87. The number of nitrogens with zero attached hydrogens (tertiary/aromatic N) is 1. The van der Waals surface area contributed by atoms with E-state index in [4.69, 9.17) is 11.6 Å². The van der Waals surface area contributed by atoms with Crippen molar-refractivity contribution < 1.29 is 9.53 Å². The number of aromatic nitrogens is 1. The highest BCUT2D eigenvalue weighted by Gasteiger charge is 2.08. The molecular weight excluding hydrogens is 238 g/mol. The quantitative estimate of drug-likeness (QED) is 0.765. The van der Waals surface area contributed by atoms with Crippen molar-refractivity contribution in [3.05, 3.63) is 53.2 Å². The van der Waals surface area contributed by atoms with E-state index in [0.29, 0.717) is 10.7 Å². The third kappa shape index (κ3) is 2.63. The summed E-state index contributed by atoms with van der Waals surface area (Å²) >= 11 is 5.90. The second kappa shape index (κ2) is 4.97. The summed E-state index contributed by atoms with van der Waals surface area (Å²) in [6.45, 7) is 0. The Morgan fingerprint density at radius 2 is 2.00 bits per heavy atom. The topological polar surface area (TPSA) is 39.2 Å². The van der Waals surface area contributed by atoms with E-state index in [1.807, 2.05) is 18.2 Å². The summed E-state index contributed by atoms with van der Waals surface area (Å²) in [6, 6.07) is 12.5. The predicted octanol–water partition coefficient (Wildman–Crippen LogP) is 3.19. The minimum absolute atomic E-state index is 0.282. The first-order valence-corrected chi connectivity index (χ1v) is 5.40. The van der Waals surface area contributed by atoms with Gasteiger partial charge in [-0.25, -0.2) is 9.78 Å². The maximum absolute atomic E-state index is 11.4. The van der Waals surface area contributed by atoms with E-state index in [1.54, 1.807) is 24.3 Å². The molecule has 2 aromatic rings. The first-order chi connectivity index (χ1) is 8.20. The smallest absolute Gasteiger partial charge is 0.356 e. The normalized spacial score (nSPS) is 10.0. The Bertz CT molecular complexity index is 555. The summed E-state index contributed by atoms with van der Waals surface area (Å²) in [4.78, 5) is 15.6. The third-order valence-electron chi connectivity index (χ3n) is 2.26. The van der Waals surface area contributed by atoms with Crippen LogP contribution in [0, 0.1) is 0 Å². The Balaban J connectivity index is 2.43. The monoisotopic (exact) mass is 247 g/mol. The van der Waals surface area contributed by atoms with Crippen LogP contribution in [0.25, 0.3) is 11.3 Å². The molecule has 1 aromatic heterocycles. The minimum atomic E-state index is -0.450. The molecule has 0 aliphatic carbocycles. The van der Waals surface area contributed by atoms with Crippen LogP contribution in [0.15, 0.2) is 42.5 Å². The molecule has 1 aromatic carbocycles. The molecule has 0 bridgehead atoms. The van der Waals surface area contributed by atoms with E-state index < -0.39 is 5.97 Å². The first kappa shape index (κ1) is 11.6. The number of hydrogen-bond donors (Lipinski definition) is 0. The standard InChI is InChI=1S/C13H10ClNO2/c1-17-13(16)12-7-3-6-11(15-12)9-4-2-5-10(14)8-9/h2-8H,1H3. The van der Waals surface area contributed by atoms with Gasteiger partial charge in [0, 0.05) is 10.6 Å². The number of pyridine rings is 1. The molecule has 0 amide bonds. The van der Waals surface area contributed by atoms with Gasteiger partial charge in [0.25, 0.3) is 0 Å². The SMILES string of the molecule is COC(=O)c1cccc(-c2cccc(Cl)c2)n1. The Labute approximate surface area is 104 Å². The molecule has 0 saturated heterocycles. The van der Waals surface area contributed by atoms with Crippen molar-refractivity contribution in [2.75, 3.05) is 7.11 Å². The van der Waals surface area contributed by atoms with E-state index >= 15 is 0 Å². The van der Waals surface area contributed by atoms with E-state index in [-0.39, 0.29) is 5.69 Å². The van der Waals surface area contributed by atoms with Crippen LogP contribution in [0.3, 0.4) is 0 Å². The van der Waals surface area contributed by atoms with Gasteiger partial charge in [0.1, 0.15) is 5.69 Å². The van der Waals surface area contributed by atoms with Gasteiger partial charge in [-0.05, 0) is 24.3 Å². The molecule has 0 unspecified atom stereocenters. The van der Waals surface area contributed by atoms with Crippen LogP contribution < -0.4 is 0 Å². The number of methoxy groups -OCH3 is 1. The van der Waals surface area contributed by atoms with Gasteiger partial charge in [0.15, 0.2) is 0 Å². The zero-order chi connectivity index (χ0) is 12.3. The van der Waals surface area contributed by atoms with Crippen molar-refractivity contribution >= 4 is 17.6 Å². The summed E-state index contributed by atoms with van der Waals surface area (Å²) < 4.78 is 4.62. The van der Waals surface area contributed by atoms with Crippen molar-refractivity contribution in [2.45, 2.75) is 0 Å². The van der Waals surface area contributed by atoms with Crippen molar-refractivity contribution in [1.29, 1.82) is 0 Å². The Morgan fingerprint density at radius 1 is 1.24 bits per heavy atom. The molecule has 0 fully saturated rings. The van der Waals surface area contributed by atoms with E-state index in [2.05, 4.69) is 9.72 Å².